The molecular formula is C24H22Cl2O5. The quantitative estimate of drug-likeness (QED) is 0.363. The third kappa shape index (κ3) is 6.29. The number of aliphatic carboxylic acids is 1. The highest BCUT2D eigenvalue weighted by Crippen LogP contribution is 2.31. The Bertz CT molecular complexity index is 1010. The van der Waals surface area contributed by atoms with Gasteiger partial charge in [0.05, 0.1) is 13.2 Å². The minimum Gasteiger partial charge on any atom is -0.493 e. The summed E-state index contributed by atoms with van der Waals surface area (Å²) in [4.78, 5) is 12.0. The lowest BCUT2D eigenvalue weighted by Crippen LogP contribution is -2.38. The largest absolute Gasteiger partial charge is 0.493 e. The molecule has 0 bridgehead atoms. The van der Waals surface area contributed by atoms with Crippen molar-refractivity contribution in [3.05, 3.63) is 88.4 Å². The Balaban J connectivity index is 1.54. The molecule has 0 heterocycles. The molecule has 3 rings (SSSR count). The lowest BCUT2D eigenvalue weighted by Gasteiger charge is -2.27. The van der Waals surface area contributed by atoms with Crippen LogP contribution in [0.15, 0.2) is 72.8 Å². The smallest absolute Gasteiger partial charge is 0.352 e. The van der Waals surface area contributed by atoms with Crippen molar-refractivity contribution in [1.82, 2.24) is 0 Å². The van der Waals surface area contributed by atoms with E-state index in [1.165, 1.54) is 6.92 Å². The molecule has 0 aliphatic rings. The number of hydrogen-bond acceptors (Lipinski definition) is 4. The van der Waals surface area contributed by atoms with Crippen molar-refractivity contribution >= 4 is 29.2 Å². The fourth-order valence-corrected chi connectivity index (χ4v) is 3.14. The zero-order chi connectivity index (χ0) is 22.3. The van der Waals surface area contributed by atoms with Crippen molar-refractivity contribution < 1.29 is 24.1 Å². The molecular weight excluding hydrogens is 439 g/mol. The number of carboxylic acids is 1. The number of halogens is 2. The van der Waals surface area contributed by atoms with Crippen LogP contribution in [0.4, 0.5) is 0 Å². The number of carboxylic acid groups (broad SMARTS) is 1. The average Bonchev–Trinajstić information content (AvgIpc) is 2.75. The third-order valence-electron chi connectivity index (χ3n) is 4.57. The summed E-state index contributed by atoms with van der Waals surface area (Å²) in [5, 5.41) is 10.9. The van der Waals surface area contributed by atoms with Crippen molar-refractivity contribution in [2.24, 2.45) is 0 Å². The monoisotopic (exact) mass is 460 g/mol. The van der Waals surface area contributed by atoms with E-state index in [2.05, 4.69) is 0 Å². The zero-order valence-corrected chi connectivity index (χ0v) is 18.4. The van der Waals surface area contributed by atoms with Gasteiger partial charge in [-0.05, 0) is 61.5 Å². The van der Waals surface area contributed by atoms with E-state index in [1.807, 2.05) is 12.1 Å². The first kappa shape index (κ1) is 22.8. The first-order valence-corrected chi connectivity index (χ1v) is 10.4. The summed E-state index contributed by atoms with van der Waals surface area (Å²) < 4.78 is 17.1. The summed E-state index contributed by atoms with van der Waals surface area (Å²) in [6.45, 7) is 2.46. The average molecular weight is 461 g/mol. The third-order valence-corrected chi connectivity index (χ3v) is 5.06. The molecule has 0 aliphatic heterocycles. The van der Waals surface area contributed by atoms with Crippen LogP contribution in [0.1, 0.15) is 18.9 Å². The van der Waals surface area contributed by atoms with Crippen molar-refractivity contribution in [1.29, 1.82) is 0 Å². The summed E-state index contributed by atoms with van der Waals surface area (Å²) in [6.07, 6.45) is 0.690. The highest BCUT2D eigenvalue weighted by Gasteiger charge is 2.38. The van der Waals surface area contributed by atoms with Crippen LogP contribution in [-0.2, 0) is 10.4 Å². The zero-order valence-electron chi connectivity index (χ0n) is 16.9. The van der Waals surface area contributed by atoms with E-state index in [0.29, 0.717) is 46.7 Å². The van der Waals surface area contributed by atoms with Crippen molar-refractivity contribution in [2.45, 2.75) is 18.9 Å². The molecule has 31 heavy (non-hydrogen) atoms. The summed E-state index contributed by atoms with van der Waals surface area (Å²) in [7, 11) is 0. The van der Waals surface area contributed by atoms with Crippen molar-refractivity contribution in [3.8, 4) is 17.2 Å². The summed E-state index contributed by atoms with van der Waals surface area (Å²) in [6, 6.07) is 20.6. The second kappa shape index (κ2) is 10.4. The normalized spacial score (nSPS) is 12.6. The number of carbonyl (C=O) groups is 1. The SMILES string of the molecule is CC(Oc1cccc(Cl)c1)(C(=O)O)c1ccc(OCCCOc2ccc(Cl)cc2)cc1. The van der Waals surface area contributed by atoms with E-state index in [0.717, 1.165) is 5.75 Å². The van der Waals surface area contributed by atoms with Crippen LogP contribution in [0.2, 0.25) is 10.0 Å². The molecule has 0 fully saturated rings. The fraction of sp³-hybridized carbons (Fsp3) is 0.208. The molecule has 0 radical (unpaired) electrons. The molecule has 1 unspecified atom stereocenters. The summed E-state index contributed by atoms with van der Waals surface area (Å²) in [5.74, 6) is 0.644. The fourth-order valence-electron chi connectivity index (χ4n) is 2.83. The Kier molecular flexibility index (Phi) is 7.66. The van der Waals surface area contributed by atoms with Gasteiger partial charge in [0.1, 0.15) is 17.2 Å². The number of ether oxygens (including phenoxy) is 3. The number of rotatable bonds is 10. The van der Waals surface area contributed by atoms with E-state index in [1.54, 1.807) is 60.7 Å². The van der Waals surface area contributed by atoms with Gasteiger partial charge in [0.2, 0.25) is 5.60 Å². The van der Waals surface area contributed by atoms with Gasteiger partial charge in [-0.25, -0.2) is 4.79 Å². The molecule has 3 aromatic rings. The molecule has 3 aromatic carbocycles. The molecule has 1 atom stereocenters. The molecule has 162 valence electrons. The van der Waals surface area contributed by atoms with Crippen LogP contribution in [-0.4, -0.2) is 24.3 Å². The van der Waals surface area contributed by atoms with E-state index in [-0.39, 0.29) is 0 Å². The van der Waals surface area contributed by atoms with Crippen molar-refractivity contribution in [2.75, 3.05) is 13.2 Å². The molecule has 1 N–H and O–H groups in total. The van der Waals surface area contributed by atoms with E-state index >= 15 is 0 Å². The Morgan fingerprint density at radius 3 is 1.97 bits per heavy atom. The van der Waals surface area contributed by atoms with Gasteiger partial charge >= 0.3 is 5.97 Å². The van der Waals surface area contributed by atoms with Crippen LogP contribution in [0.3, 0.4) is 0 Å². The van der Waals surface area contributed by atoms with Gasteiger partial charge in [0, 0.05) is 22.0 Å². The van der Waals surface area contributed by atoms with Gasteiger partial charge in [-0.3, -0.25) is 0 Å². The molecule has 0 amide bonds. The first-order valence-electron chi connectivity index (χ1n) is 9.66. The second-order valence-corrected chi connectivity index (χ2v) is 7.80. The Morgan fingerprint density at radius 2 is 1.42 bits per heavy atom. The van der Waals surface area contributed by atoms with Gasteiger partial charge in [-0.2, -0.15) is 0 Å². The van der Waals surface area contributed by atoms with Gasteiger partial charge in [0.15, 0.2) is 0 Å². The highest BCUT2D eigenvalue weighted by molar-refractivity contribution is 6.30. The van der Waals surface area contributed by atoms with Crippen LogP contribution in [0.25, 0.3) is 0 Å². The summed E-state index contributed by atoms with van der Waals surface area (Å²) in [5.41, 5.74) is -1.09. The maximum absolute atomic E-state index is 12.0. The molecule has 0 saturated heterocycles. The van der Waals surface area contributed by atoms with Crippen LogP contribution >= 0.6 is 23.2 Å². The second-order valence-electron chi connectivity index (χ2n) is 6.93. The maximum Gasteiger partial charge on any atom is 0.352 e. The molecule has 7 heteroatoms. The predicted octanol–water partition coefficient (Wildman–Crippen LogP) is 6.22. The maximum atomic E-state index is 12.0. The van der Waals surface area contributed by atoms with Gasteiger partial charge in [0.25, 0.3) is 0 Å². The Hall–Kier alpha value is -2.89. The minimum absolute atomic E-state index is 0.374. The van der Waals surface area contributed by atoms with Crippen LogP contribution in [0, 0.1) is 0 Å². The molecule has 0 aliphatic carbocycles. The van der Waals surface area contributed by atoms with E-state index in [9.17, 15) is 9.90 Å². The topological polar surface area (TPSA) is 65.0 Å². The lowest BCUT2D eigenvalue weighted by atomic mass is 9.95. The Labute approximate surface area is 191 Å². The highest BCUT2D eigenvalue weighted by atomic mass is 35.5. The number of benzene rings is 3. The molecule has 0 saturated carbocycles. The standard InChI is InChI=1S/C24H22Cl2O5/c1-24(23(27)28,31-22-5-2-4-19(26)16-22)17-6-10-20(11-7-17)29-14-3-15-30-21-12-8-18(25)9-13-21/h2,4-13,16H,3,14-15H2,1H3,(H,27,28). The van der Waals surface area contributed by atoms with Crippen LogP contribution < -0.4 is 14.2 Å². The Morgan fingerprint density at radius 1 is 0.839 bits per heavy atom. The van der Waals surface area contributed by atoms with Gasteiger partial charge in [-0.1, -0.05) is 41.4 Å². The molecule has 5 nitrogen and oxygen atoms in total. The van der Waals surface area contributed by atoms with Gasteiger partial charge < -0.3 is 19.3 Å². The lowest BCUT2D eigenvalue weighted by molar-refractivity contribution is -0.154. The summed E-state index contributed by atoms with van der Waals surface area (Å²) >= 11 is 11.8. The predicted molar refractivity (Wildman–Crippen MR) is 121 cm³/mol. The first-order chi connectivity index (χ1) is 14.9. The van der Waals surface area contributed by atoms with E-state index < -0.39 is 11.6 Å². The van der Waals surface area contributed by atoms with E-state index in [4.69, 9.17) is 37.4 Å². The van der Waals surface area contributed by atoms with Gasteiger partial charge in [-0.15, -0.1) is 0 Å². The minimum atomic E-state index is -1.57. The van der Waals surface area contributed by atoms with Crippen LogP contribution in [0.5, 0.6) is 17.2 Å². The molecule has 0 aromatic heterocycles. The number of hydrogen-bond donors (Lipinski definition) is 1. The van der Waals surface area contributed by atoms with Crippen molar-refractivity contribution in [3.63, 3.8) is 0 Å². The molecule has 0 spiro atoms.